The van der Waals surface area contributed by atoms with Crippen LogP contribution in [0.2, 0.25) is 0 Å². The summed E-state index contributed by atoms with van der Waals surface area (Å²) in [5.41, 5.74) is 0.961. The summed E-state index contributed by atoms with van der Waals surface area (Å²) in [6, 6.07) is 10.0. The van der Waals surface area contributed by atoms with E-state index < -0.39 is 4.92 Å². The minimum absolute atomic E-state index is 0.0819. The van der Waals surface area contributed by atoms with Crippen LogP contribution in [0.5, 0.6) is 11.6 Å². The Morgan fingerprint density at radius 2 is 1.95 bits per heavy atom. The zero-order valence-electron chi connectivity index (χ0n) is 10.6. The van der Waals surface area contributed by atoms with Crippen molar-refractivity contribution in [3.05, 3.63) is 58.3 Å². The number of pyridine rings is 1. The van der Waals surface area contributed by atoms with Gasteiger partial charge in [-0.2, -0.15) is 0 Å². The molecule has 20 heavy (non-hydrogen) atoms. The average molecular weight is 272 g/mol. The fraction of sp³-hybridized carbons (Fsp3) is 0.143. The maximum absolute atomic E-state index is 10.5. The van der Waals surface area contributed by atoms with Gasteiger partial charge in [0.2, 0.25) is 5.88 Å². The van der Waals surface area contributed by atoms with E-state index in [0.29, 0.717) is 18.6 Å². The summed E-state index contributed by atoms with van der Waals surface area (Å²) >= 11 is 0. The van der Waals surface area contributed by atoms with Crippen LogP contribution in [-0.4, -0.2) is 16.2 Å². The number of nitrogens with zero attached hydrogens (tertiary/aromatic N) is 2. The number of hydrogen-bond acceptors (Lipinski definition) is 5. The van der Waals surface area contributed by atoms with Gasteiger partial charge < -0.3 is 9.53 Å². The van der Waals surface area contributed by atoms with Crippen molar-refractivity contribution in [1.82, 2.24) is 4.98 Å². The number of rotatable bonds is 6. The maximum atomic E-state index is 10.5. The van der Waals surface area contributed by atoms with E-state index in [9.17, 15) is 14.9 Å². The molecule has 0 atom stereocenters. The van der Waals surface area contributed by atoms with Crippen molar-refractivity contribution in [1.29, 1.82) is 0 Å². The molecule has 0 N–H and O–H groups in total. The summed E-state index contributed by atoms with van der Waals surface area (Å²) in [5, 5.41) is 10.5. The van der Waals surface area contributed by atoms with E-state index in [2.05, 4.69) is 4.98 Å². The number of aryl methyl sites for hydroxylation is 1. The van der Waals surface area contributed by atoms with Gasteiger partial charge in [0.1, 0.15) is 18.2 Å². The third kappa shape index (κ3) is 3.61. The highest BCUT2D eigenvalue weighted by Crippen LogP contribution is 2.21. The molecular formula is C14H12N2O4. The van der Waals surface area contributed by atoms with Crippen LogP contribution < -0.4 is 4.74 Å². The largest absolute Gasteiger partial charge is 0.439 e. The Labute approximate surface area is 115 Å². The molecule has 6 nitrogen and oxygen atoms in total. The summed E-state index contributed by atoms with van der Waals surface area (Å²) in [5.74, 6) is 0.873. The van der Waals surface area contributed by atoms with Crippen LogP contribution in [0.1, 0.15) is 12.0 Å². The van der Waals surface area contributed by atoms with E-state index in [1.807, 2.05) is 12.1 Å². The fourth-order valence-electron chi connectivity index (χ4n) is 1.61. The molecule has 1 aromatic heterocycles. The van der Waals surface area contributed by atoms with Gasteiger partial charge in [0, 0.05) is 18.6 Å². The minimum Gasteiger partial charge on any atom is -0.439 e. The predicted molar refractivity (Wildman–Crippen MR) is 71.8 cm³/mol. The molecular weight excluding hydrogens is 260 g/mol. The summed E-state index contributed by atoms with van der Waals surface area (Å²) in [6.45, 7) is 0. The SMILES string of the molecule is O=CCCc1ccc(Oc2ccc([N+](=O)[O-])cn2)cc1. The molecule has 0 amide bonds. The molecule has 2 rings (SSSR count). The Morgan fingerprint density at radius 3 is 2.50 bits per heavy atom. The standard InChI is InChI=1S/C14H12N2O4/c17-9-1-2-11-3-6-13(7-4-11)20-14-8-5-12(10-15-14)16(18)19/h3-10H,1-2H2. The number of benzene rings is 1. The van der Waals surface area contributed by atoms with Crippen LogP contribution in [0.4, 0.5) is 5.69 Å². The molecule has 0 saturated heterocycles. The number of carbonyl (C=O) groups is 1. The molecule has 102 valence electrons. The second-order valence-corrected chi connectivity index (χ2v) is 4.06. The quantitative estimate of drug-likeness (QED) is 0.458. The maximum Gasteiger partial charge on any atom is 0.287 e. The summed E-state index contributed by atoms with van der Waals surface area (Å²) in [7, 11) is 0. The van der Waals surface area contributed by atoms with Crippen molar-refractivity contribution in [2.75, 3.05) is 0 Å². The number of ether oxygens (including phenoxy) is 1. The first kappa shape index (κ1) is 13.7. The third-order valence-corrected chi connectivity index (χ3v) is 2.63. The van der Waals surface area contributed by atoms with Crippen molar-refractivity contribution in [2.45, 2.75) is 12.8 Å². The normalized spacial score (nSPS) is 10.0. The van der Waals surface area contributed by atoms with E-state index >= 15 is 0 Å². The highest BCUT2D eigenvalue weighted by molar-refractivity contribution is 5.50. The van der Waals surface area contributed by atoms with Gasteiger partial charge in [0.25, 0.3) is 5.69 Å². The van der Waals surface area contributed by atoms with E-state index in [1.54, 1.807) is 12.1 Å². The zero-order valence-corrected chi connectivity index (χ0v) is 10.6. The monoisotopic (exact) mass is 272 g/mol. The lowest BCUT2D eigenvalue weighted by Crippen LogP contribution is -1.92. The Kier molecular flexibility index (Phi) is 4.39. The van der Waals surface area contributed by atoms with Crippen LogP contribution in [0, 0.1) is 10.1 Å². The van der Waals surface area contributed by atoms with Gasteiger partial charge in [-0.15, -0.1) is 0 Å². The highest BCUT2D eigenvalue weighted by atomic mass is 16.6. The Hall–Kier alpha value is -2.76. The van der Waals surface area contributed by atoms with Crippen molar-refractivity contribution >= 4 is 12.0 Å². The van der Waals surface area contributed by atoms with Gasteiger partial charge in [-0.25, -0.2) is 4.98 Å². The molecule has 0 unspecified atom stereocenters. The number of aldehydes is 1. The van der Waals surface area contributed by atoms with Gasteiger partial charge in [-0.1, -0.05) is 12.1 Å². The zero-order chi connectivity index (χ0) is 14.4. The predicted octanol–water partition coefficient (Wildman–Crippen LogP) is 2.91. The molecule has 0 spiro atoms. The smallest absolute Gasteiger partial charge is 0.287 e. The Morgan fingerprint density at radius 1 is 1.20 bits per heavy atom. The minimum atomic E-state index is -0.515. The lowest BCUT2D eigenvalue weighted by molar-refractivity contribution is -0.385. The van der Waals surface area contributed by atoms with Crippen LogP contribution in [-0.2, 0) is 11.2 Å². The van der Waals surface area contributed by atoms with Gasteiger partial charge in [-0.05, 0) is 24.1 Å². The number of carbonyl (C=O) groups excluding carboxylic acids is 1. The van der Waals surface area contributed by atoms with Crippen molar-refractivity contribution < 1.29 is 14.5 Å². The molecule has 0 saturated carbocycles. The van der Waals surface area contributed by atoms with Crippen molar-refractivity contribution in [2.24, 2.45) is 0 Å². The lowest BCUT2D eigenvalue weighted by Gasteiger charge is -2.05. The molecule has 2 aromatic rings. The molecule has 0 bridgehead atoms. The summed E-state index contributed by atoms with van der Waals surface area (Å²) in [4.78, 5) is 24.1. The van der Waals surface area contributed by atoms with Crippen LogP contribution >= 0.6 is 0 Å². The number of aromatic nitrogens is 1. The van der Waals surface area contributed by atoms with E-state index in [-0.39, 0.29) is 11.6 Å². The average Bonchev–Trinajstić information content (AvgIpc) is 2.47. The second kappa shape index (κ2) is 6.42. The molecule has 0 aliphatic rings. The van der Waals surface area contributed by atoms with Gasteiger partial charge in [0.15, 0.2) is 0 Å². The van der Waals surface area contributed by atoms with E-state index in [1.165, 1.54) is 12.1 Å². The second-order valence-electron chi connectivity index (χ2n) is 4.06. The van der Waals surface area contributed by atoms with Gasteiger partial charge >= 0.3 is 0 Å². The Bertz CT molecular complexity index is 594. The summed E-state index contributed by atoms with van der Waals surface area (Å²) in [6.07, 6.45) is 3.21. The fourth-order valence-corrected chi connectivity index (χ4v) is 1.61. The molecule has 0 radical (unpaired) electrons. The van der Waals surface area contributed by atoms with E-state index in [0.717, 1.165) is 18.0 Å². The van der Waals surface area contributed by atoms with Crippen LogP contribution in [0.25, 0.3) is 0 Å². The van der Waals surface area contributed by atoms with E-state index in [4.69, 9.17) is 4.74 Å². The van der Waals surface area contributed by atoms with Gasteiger partial charge in [0.05, 0.1) is 4.92 Å². The first-order valence-electron chi connectivity index (χ1n) is 6.00. The summed E-state index contributed by atoms with van der Waals surface area (Å²) < 4.78 is 5.47. The molecule has 1 heterocycles. The van der Waals surface area contributed by atoms with Gasteiger partial charge in [-0.3, -0.25) is 10.1 Å². The third-order valence-electron chi connectivity index (χ3n) is 2.63. The first-order valence-corrected chi connectivity index (χ1v) is 6.00. The van der Waals surface area contributed by atoms with Crippen LogP contribution in [0.15, 0.2) is 42.6 Å². The van der Waals surface area contributed by atoms with Crippen LogP contribution in [0.3, 0.4) is 0 Å². The topological polar surface area (TPSA) is 82.3 Å². The van der Waals surface area contributed by atoms with Crippen molar-refractivity contribution in [3.8, 4) is 11.6 Å². The first-order chi connectivity index (χ1) is 9.69. The lowest BCUT2D eigenvalue weighted by atomic mass is 10.1. The molecule has 0 fully saturated rings. The molecule has 0 aliphatic carbocycles. The van der Waals surface area contributed by atoms with Crippen molar-refractivity contribution in [3.63, 3.8) is 0 Å². The molecule has 0 aliphatic heterocycles. The number of nitro groups is 1. The molecule has 6 heteroatoms. The molecule has 1 aromatic carbocycles. The Balaban J connectivity index is 2.02. The number of hydrogen-bond donors (Lipinski definition) is 0. The highest BCUT2D eigenvalue weighted by Gasteiger charge is 2.06.